The molecule has 80 valence electrons. The topological polar surface area (TPSA) is 39.3 Å². The number of nitrogens with zero attached hydrogens (tertiary/aromatic N) is 3. The Kier molecular flexibility index (Phi) is 2.34. The van der Waals surface area contributed by atoms with Crippen LogP contribution < -0.4 is 5.69 Å². The van der Waals surface area contributed by atoms with Crippen LogP contribution in [0.1, 0.15) is 32.4 Å². The van der Waals surface area contributed by atoms with Gasteiger partial charge in [0.1, 0.15) is 0 Å². The number of rotatable bonds is 2. The molecule has 2 aromatic rings. The van der Waals surface area contributed by atoms with Crippen molar-refractivity contribution in [3.05, 3.63) is 34.4 Å². The van der Waals surface area contributed by atoms with Crippen LogP contribution in [0.3, 0.4) is 0 Å². The molecule has 15 heavy (non-hydrogen) atoms. The fraction of sp³-hybridized carbons (Fsp3) is 0.455. The molecule has 0 spiro atoms. The summed E-state index contributed by atoms with van der Waals surface area (Å²) < 4.78 is 3.12. The molecule has 0 bridgehead atoms. The Morgan fingerprint density at radius 3 is 2.73 bits per heavy atom. The number of aryl methyl sites for hydroxylation is 1. The average molecular weight is 205 g/mol. The minimum absolute atomic E-state index is 0.0599. The standard InChI is InChI=1S/C11H15N3O/c1-4-9-5-6-10-12-14(8(2)3)11(15)13(10)7-9/h5-8H,4H2,1-3H3. The molecule has 2 rings (SSSR count). The van der Waals surface area contributed by atoms with E-state index in [1.807, 2.05) is 32.2 Å². The Balaban J connectivity index is 2.72. The molecular weight excluding hydrogens is 190 g/mol. The van der Waals surface area contributed by atoms with E-state index in [1.54, 1.807) is 4.40 Å². The van der Waals surface area contributed by atoms with Crippen LogP contribution in [0.15, 0.2) is 23.1 Å². The largest absolute Gasteiger partial charge is 0.350 e. The number of hydrogen-bond acceptors (Lipinski definition) is 2. The summed E-state index contributed by atoms with van der Waals surface area (Å²) in [5.41, 5.74) is 1.80. The lowest BCUT2D eigenvalue weighted by Gasteiger charge is -1.99. The van der Waals surface area contributed by atoms with E-state index < -0.39 is 0 Å². The molecule has 0 unspecified atom stereocenters. The van der Waals surface area contributed by atoms with Gasteiger partial charge in [-0.15, -0.1) is 5.10 Å². The highest BCUT2D eigenvalue weighted by Gasteiger charge is 2.08. The molecule has 0 radical (unpaired) electrons. The summed E-state index contributed by atoms with van der Waals surface area (Å²) in [6.07, 6.45) is 2.79. The van der Waals surface area contributed by atoms with E-state index in [9.17, 15) is 4.79 Å². The summed E-state index contributed by atoms with van der Waals surface area (Å²) in [5, 5.41) is 4.25. The van der Waals surface area contributed by atoms with E-state index >= 15 is 0 Å². The van der Waals surface area contributed by atoms with Crippen molar-refractivity contribution in [1.82, 2.24) is 14.2 Å². The molecule has 0 aliphatic heterocycles. The third kappa shape index (κ3) is 1.56. The number of aromatic nitrogens is 3. The van der Waals surface area contributed by atoms with Crippen LogP contribution in [-0.2, 0) is 6.42 Å². The van der Waals surface area contributed by atoms with Gasteiger partial charge < -0.3 is 0 Å². The summed E-state index contributed by atoms with van der Waals surface area (Å²) >= 11 is 0. The molecule has 4 heteroatoms. The summed E-state index contributed by atoms with van der Waals surface area (Å²) in [7, 11) is 0. The lowest BCUT2D eigenvalue weighted by molar-refractivity contribution is 0.514. The molecule has 0 aromatic carbocycles. The van der Waals surface area contributed by atoms with Crippen molar-refractivity contribution in [3.63, 3.8) is 0 Å². The monoisotopic (exact) mass is 205 g/mol. The molecular formula is C11H15N3O. The van der Waals surface area contributed by atoms with Gasteiger partial charge in [0.15, 0.2) is 5.65 Å². The van der Waals surface area contributed by atoms with E-state index in [0.29, 0.717) is 5.65 Å². The van der Waals surface area contributed by atoms with Crippen molar-refractivity contribution in [2.45, 2.75) is 33.2 Å². The summed E-state index contributed by atoms with van der Waals surface area (Å²) in [5.74, 6) is 0. The maximum Gasteiger partial charge on any atom is 0.350 e. The molecule has 0 fully saturated rings. The Bertz CT molecular complexity index is 536. The zero-order valence-corrected chi connectivity index (χ0v) is 9.27. The van der Waals surface area contributed by atoms with E-state index in [1.165, 1.54) is 4.68 Å². The number of fused-ring (bicyclic) bond motifs is 1. The van der Waals surface area contributed by atoms with Crippen LogP contribution in [0.4, 0.5) is 0 Å². The molecule has 2 aromatic heterocycles. The second-order valence-corrected chi connectivity index (χ2v) is 3.94. The van der Waals surface area contributed by atoms with Gasteiger partial charge in [0, 0.05) is 6.20 Å². The Labute approximate surface area is 88.2 Å². The summed E-state index contributed by atoms with van der Waals surface area (Å²) in [6, 6.07) is 3.99. The van der Waals surface area contributed by atoms with E-state index in [2.05, 4.69) is 12.0 Å². The maximum atomic E-state index is 11.9. The highest BCUT2D eigenvalue weighted by Crippen LogP contribution is 2.05. The first-order valence-electron chi connectivity index (χ1n) is 5.23. The van der Waals surface area contributed by atoms with Gasteiger partial charge in [0.25, 0.3) is 0 Å². The lowest BCUT2D eigenvalue weighted by Crippen LogP contribution is -2.22. The number of hydrogen-bond donors (Lipinski definition) is 0. The Morgan fingerprint density at radius 2 is 2.13 bits per heavy atom. The second-order valence-electron chi connectivity index (χ2n) is 3.94. The van der Waals surface area contributed by atoms with Crippen molar-refractivity contribution >= 4 is 5.65 Å². The molecule has 0 saturated heterocycles. The van der Waals surface area contributed by atoms with Crippen molar-refractivity contribution in [1.29, 1.82) is 0 Å². The van der Waals surface area contributed by atoms with Crippen molar-refractivity contribution in [2.24, 2.45) is 0 Å². The maximum absolute atomic E-state index is 11.9. The minimum atomic E-state index is -0.0599. The molecule has 0 amide bonds. The molecule has 0 N–H and O–H groups in total. The van der Waals surface area contributed by atoms with E-state index in [-0.39, 0.29) is 11.7 Å². The Hall–Kier alpha value is -1.58. The van der Waals surface area contributed by atoms with Crippen LogP contribution >= 0.6 is 0 Å². The van der Waals surface area contributed by atoms with Gasteiger partial charge >= 0.3 is 5.69 Å². The lowest BCUT2D eigenvalue weighted by atomic mass is 10.2. The van der Waals surface area contributed by atoms with E-state index in [0.717, 1.165) is 12.0 Å². The van der Waals surface area contributed by atoms with Crippen LogP contribution in [0.25, 0.3) is 5.65 Å². The first-order valence-corrected chi connectivity index (χ1v) is 5.23. The molecule has 0 aliphatic rings. The molecule has 0 atom stereocenters. The van der Waals surface area contributed by atoms with Gasteiger partial charge in [-0.25, -0.2) is 9.48 Å². The molecule has 0 aliphatic carbocycles. The Morgan fingerprint density at radius 1 is 1.40 bits per heavy atom. The third-order valence-corrected chi connectivity index (χ3v) is 2.50. The third-order valence-electron chi connectivity index (χ3n) is 2.50. The van der Waals surface area contributed by atoms with Gasteiger partial charge in [-0.1, -0.05) is 13.0 Å². The molecule has 4 nitrogen and oxygen atoms in total. The normalized spacial score (nSPS) is 11.5. The fourth-order valence-electron chi connectivity index (χ4n) is 1.58. The smallest absolute Gasteiger partial charge is 0.250 e. The average Bonchev–Trinajstić information content (AvgIpc) is 2.56. The van der Waals surface area contributed by atoms with Crippen molar-refractivity contribution < 1.29 is 0 Å². The first kappa shape index (κ1) is 9.96. The molecule has 0 saturated carbocycles. The van der Waals surface area contributed by atoms with Crippen LogP contribution in [0.5, 0.6) is 0 Å². The fourth-order valence-corrected chi connectivity index (χ4v) is 1.58. The van der Waals surface area contributed by atoms with Crippen LogP contribution in [0.2, 0.25) is 0 Å². The van der Waals surface area contributed by atoms with Crippen molar-refractivity contribution in [2.75, 3.05) is 0 Å². The van der Waals surface area contributed by atoms with Crippen LogP contribution in [-0.4, -0.2) is 14.2 Å². The predicted octanol–water partition coefficient (Wildman–Crippen LogP) is 1.64. The zero-order valence-electron chi connectivity index (χ0n) is 9.27. The van der Waals surface area contributed by atoms with Gasteiger partial charge in [-0.3, -0.25) is 4.40 Å². The predicted molar refractivity (Wildman–Crippen MR) is 59.2 cm³/mol. The quantitative estimate of drug-likeness (QED) is 0.747. The van der Waals surface area contributed by atoms with E-state index in [4.69, 9.17) is 0 Å². The van der Waals surface area contributed by atoms with Gasteiger partial charge in [-0.2, -0.15) is 0 Å². The first-order chi connectivity index (χ1) is 7.13. The SMILES string of the molecule is CCc1ccc2nn(C(C)C)c(=O)n2c1. The van der Waals surface area contributed by atoms with Gasteiger partial charge in [0.05, 0.1) is 6.04 Å². The zero-order chi connectivity index (χ0) is 11.0. The van der Waals surface area contributed by atoms with Crippen molar-refractivity contribution in [3.8, 4) is 0 Å². The minimum Gasteiger partial charge on any atom is -0.250 e. The highest BCUT2D eigenvalue weighted by molar-refractivity contribution is 5.38. The highest BCUT2D eigenvalue weighted by atomic mass is 16.2. The number of pyridine rings is 1. The second kappa shape index (κ2) is 3.53. The summed E-state index contributed by atoms with van der Waals surface area (Å²) in [6.45, 7) is 5.97. The van der Waals surface area contributed by atoms with Gasteiger partial charge in [0.2, 0.25) is 0 Å². The molecule has 2 heterocycles. The van der Waals surface area contributed by atoms with Gasteiger partial charge in [-0.05, 0) is 31.9 Å². The van der Waals surface area contributed by atoms with Crippen LogP contribution in [0, 0.1) is 0 Å². The summed E-state index contributed by atoms with van der Waals surface area (Å²) in [4.78, 5) is 11.9.